The van der Waals surface area contributed by atoms with Crippen molar-refractivity contribution in [3.63, 3.8) is 0 Å². The number of methoxy groups -OCH3 is 1. The van der Waals surface area contributed by atoms with Gasteiger partial charge >= 0.3 is 5.97 Å². The predicted molar refractivity (Wildman–Crippen MR) is 87.2 cm³/mol. The van der Waals surface area contributed by atoms with E-state index in [-0.39, 0.29) is 25.0 Å². The molecule has 0 spiro atoms. The van der Waals surface area contributed by atoms with Gasteiger partial charge in [-0.2, -0.15) is 0 Å². The lowest BCUT2D eigenvalue weighted by Crippen LogP contribution is -2.48. The maximum atomic E-state index is 12.6. The minimum Gasteiger partial charge on any atom is -0.497 e. The Balaban J connectivity index is 1.68. The SMILES string of the molecule is COc1ccc2c(c1)CCC[C@@H]2CC(=O)N1CCO[C@H](C(=O)O)C1. The molecule has 0 radical (unpaired) electrons. The van der Waals surface area contributed by atoms with E-state index in [4.69, 9.17) is 14.6 Å². The maximum Gasteiger partial charge on any atom is 0.334 e. The number of amides is 1. The van der Waals surface area contributed by atoms with Crippen LogP contribution in [0.15, 0.2) is 18.2 Å². The highest BCUT2D eigenvalue weighted by molar-refractivity contribution is 5.79. The molecule has 24 heavy (non-hydrogen) atoms. The third kappa shape index (κ3) is 3.53. The smallest absolute Gasteiger partial charge is 0.334 e. The average molecular weight is 333 g/mol. The first-order valence-electron chi connectivity index (χ1n) is 8.37. The van der Waals surface area contributed by atoms with E-state index < -0.39 is 12.1 Å². The monoisotopic (exact) mass is 333 g/mol. The van der Waals surface area contributed by atoms with Crippen molar-refractivity contribution in [2.75, 3.05) is 26.8 Å². The molecule has 1 fully saturated rings. The van der Waals surface area contributed by atoms with Gasteiger partial charge in [-0.05, 0) is 48.4 Å². The molecule has 0 unspecified atom stereocenters. The molecule has 1 aromatic carbocycles. The van der Waals surface area contributed by atoms with E-state index in [0.717, 1.165) is 25.0 Å². The summed E-state index contributed by atoms with van der Waals surface area (Å²) in [5.41, 5.74) is 2.47. The lowest BCUT2D eigenvalue weighted by molar-refractivity contribution is -0.159. The van der Waals surface area contributed by atoms with Crippen LogP contribution in [0.1, 0.15) is 36.3 Å². The van der Waals surface area contributed by atoms with Crippen LogP contribution in [0, 0.1) is 0 Å². The number of rotatable bonds is 4. The van der Waals surface area contributed by atoms with Gasteiger partial charge in [0.1, 0.15) is 5.75 Å². The van der Waals surface area contributed by atoms with Crippen LogP contribution >= 0.6 is 0 Å². The van der Waals surface area contributed by atoms with Gasteiger partial charge in [0.2, 0.25) is 5.91 Å². The fraction of sp³-hybridized carbons (Fsp3) is 0.556. The van der Waals surface area contributed by atoms with Gasteiger partial charge in [-0.15, -0.1) is 0 Å². The standard InChI is InChI=1S/C18H23NO5/c1-23-14-5-6-15-12(9-14)3-2-4-13(15)10-17(20)19-7-8-24-16(11-19)18(21)22/h5-6,9,13,16H,2-4,7-8,10-11H2,1H3,(H,21,22)/t13-,16+/m1/s1. The van der Waals surface area contributed by atoms with Crippen molar-refractivity contribution < 1.29 is 24.2 Å². The third-order valence-corrected chi connectivity index (χ3v) is 4.90. The molecule has 0 saturated carbocycles. The van der Waals surface area contributed by atoms with Gasteiger partial charge < -0.3 is 19.5 Å². The highest BCUT2D eigenvalue weighted by Gasteiger charge is 2.31. The Bertz CT molecular complexity index is 630. The first kappa shape index (κ1) is 16.8. The molecule has 6 heteroatoms. The number of hydrogen-bond donors (Lipinski definition) is 1. The molecule has 1 heterocycles. The molecule has 1 aliphatic carbocycles. The molecule has 2 atom stereocenters. The Morgan fingerprint density at radius 1 is 1.42 bits per heavy atom. The number of carboxylic acid groups (broad SMARTS) is 1. The van der Waals surface area contributed by atoms with Gasteiger partial charge in [0.15, 0.2) is 6.10 Å². The number of carboxylic acids is 1. The van der Waals surface area contributed by atoms with E-state index in [1.165, 1.54) is 11.1 Å². The van der Waals surface area contributed by atoms with Crippen LogP contribution in [0.25, 0.3) is 0 Å². The van der Waals surface area contributed by atoms with E-state index in [1.54, 1.807) is 12.0 Å². The zero-order chi connectivity index (χ0) is 17.1. The van der Waals surface area contributed by atoms with Crippen molar-refractivity contribution >= 4 is 11.9 Å². The number of morpholine rings is 1. The van der Waals surface area contributed by atoms with Gasteiger partial charge in [-0.25, -0.2) is 4.79 Å². The summed E-state index contributed by atoms with van der Waals surface area (Å²) >= 11 is 0. The van der Waals surface area contributed by atoms with Crippen molar-refractivity contribution in [3.05, 3.63) is 29.3 Å². The van der Waals surface area contributed by atoms with Crippen molar-refractivity contribution in [2.45, 2.75) is 37.7 Å². The number of ether oxygens (including phenoxy) is 2. The Labute approximate surface area is 141 Å². The van der Waals surface area contributed by atoms with Gasteiger partial charge in [-0.1, -0.05) is 6.07 Å². The van der Waals surface area contributed by atoms with Crippen LogP contribution < -0.4 is 4.74 Å². The number of aryl methyl sites for hydroxylation is 1. The second kappa shape index (κ2) is 7.21. The predicted octanol–water partition coefficient (Wildman–Crippen LogP) is 1.82. The Morgan fingerprint density at radius 3 is 3.00 bits per heavy atom. The molecule has 6 nitrogen and oxygen atoms in total. The number of carbonyl (C=O) groups is 2. The number of nitrogens with zero attached hydrogens (tertiary/aromatic N) is 1. The highest BCUT2D eigenvalue weighted by atomic mass is 16.5. The van der Waals surface area contributed by atoms with Crippen molar-refractivity contribution in [3.8, 4) is 5.75 Å². The number of aliphatic carboxylic acids is 1. The number of hydrogen-bond acceptors (Lipinski definition) is 4. The first-order valence-corrected chi connectivity index (χ1v) is 8.37. The summed E-state index contributed by atoms with van der Waals surface area (Å²) in [6.07, 6.45) is 2.56. The van der Waals surface area contributed by atoms with Gasteiger partial charge in [-0.3, -0.25) is 4.79 Å². The zero-order valence-electron chi connectivity index (χ0n) is 13.9. The summed E-state index contributed by atoms with van der Waals surface area (Å²) in [5, 5.41) is 9.06. The molecular weight excluding hydrogens is 310 g/mol. The maximum absolute atomic E-state index is 12.6. The van der Waals surface area contributed by atoms with Crippen LogP contribution in [0.5, 0.6) is 5.75 Å². The molecule has 130 valence electrons. The lowest BCUT2D eigenvalue weighted by Gasteiger charge is -2.33. The van der Waals surface area contributed by atoms with Gasteiger partial charge in [0.05, 0.1) is 20.3 Å². The molecule has 3 rings (SSSR count). The third-order valence-electron chi connectivity index (χ3n) is 4.90. The summed E-state index contributed by atoms with van der Waals surface area (Å²) in [6.45, 7) is 0.877. The summed E-state index contributed by atoms with van der Waals surface area (Å²) < 4.78 is 10.5. The minimum absolute atomic E-state index is 0.0122. The van der Waals surface area contributed by atoms with Crippen LogP contribution in [0.4, 0.5) is 0 Å². The zero-order valence-corrected chi connectivity index (χ0v) is 13.9. The molecule has 1 aliphatic heterocycles. The Morgan fingerprint density at radius 2 is 2.25 bits per heavy atom. The molecular formula is C18H23NO5. The summed E-state index contributed by atoms with van der Waals surface area (Å²) in [7, 11) is 1.66. The van der Waals surface area contributed by atoms with E-state index in [1.807, 2.05) is 6.07 Å². The average Bonchev–Trinajstić information content (AvgIpc) is 2.61. The second-order valence-electron chi connectivity index (χ2n) is 6.40. The number of benzene rings is 1. The van der Waals surface area contributed by atoms with E-state index in [2.05, 4.69) is 12.1 Å². The molecule has 0 bridgehead atoms. The summed E-state index contributed by atoms with van der Waals surface area (Å²) in [6, 6.07) is 6.06. The Hall–Kier alpha value is -2.08. The first-order chi connectivity index (χ1) is 11.6. The van der Waals surface area contributed by atoms with Crippen LogP contribution in [0.3, 0.4) is 0 Å². The number of fused-ring (bicyclic) bond motifs is 1. The molecule has 1 saturated heterocycles. The van der Waals surface area contributed by atoms with Gasteiger partial charge in [0.25, 0.3) is 0 Å². The van der Waals surface area contributed by atoms with Crippen LogP contribution in [-0.4, -0.2) is 54.8 Å². The minimum atomic E-state index is -1.01. The van der Waals surface area contributed by atoms with E-state index >= 15 is 0 Å². The van der Waals surface area contributed by atoms with Crippen molar-refractivity contribution in [1.82, 2.24) is 4.90 Å². The fourth-order valence-corrected chi connectivity index (χ4v) is 3.60. The molecule has 1 N–H and O–H groups in total. The normalized spacial score (nSPS) is 23.5. The topological polar surface area (TPSA) is 76.1 Å². The lowest BCUT2D eigenvalue weighted by atomic mass is 9.80. The molecule has 1 amide bonds. The number of carbonyl (C=O) groups excluding carboxylic acids is 1. The van der Waals surface area contributed by atoms with Crippen LogP contribution in [-0.2, 0) is 20.7 Å². The van der Waals surface area contributed by atoms with E-state index in [9.17, 15) is 9.59 Å². The van der Waals surface area contributed by atoms with Crippen molar-refractivity contribution in [1.29, 1.82) is 0 Å². The van der Waals surface area contributed by atoms with Gasteiger partial charge in [0, 0.05) is 13.0 Å². The quantitative estimate of drug-likeness (QED) is 0.909. The van der Waals surface area contributed by atoms with E-state index in [0.29, 0.717) is 13.0 Å². The highest BCUT2D eigenvalue weighted by Crippen LogP contribution is 2.36. The molecule has 0 aromatic heterocycles. The fourth-order valence-electron chi connectivity index (χ4n) is 3.60. The summed E-state index contributed by atoms with van der Waals surface area (Å²) in [4.78, 5) is 25.3. The van der Waals surface area contributed by atoms with Crippen molar-refractivity contribution in [2.24, 2.45) is 0 Å². The van der Waals surface area contributed by atoms with Crippen LogP contribution in [0.2, 0.25) is 0 Å². The Kier molecular flexibility index (Phi) is 5.04. The molecule has 2 aliphatic rings. The molecule has 1 aromatic rings. The largest absolute Gasteiger partial charge is 0.497 e. The second-order valence-corrected chi connectivity index (χ2v) is 6.40. The summed E-state index contributed by atoms with van der Waals surface area (Å²) in [5.74, 6) is 0.0392.